The lowest BCUT2D eigenvalue weighted by Gasteiger charge is -2.26. The molecular weight excluding hydrogens is 374 g/mol. The second-order valence-corrected chi connectivity index (χ2v) is 8.73. The van der Waals surface area contributed by atoms with E-state index < -0.39 is 21.3 Å². The van der Waals surface area contributed by atoms with E-state index in [0.29, 0.717) is 26.1 Å². The first-order valence-electron chi connectivity index (χ1n) is 8.92. The zero-order valence-corrected chi connectivity index (χ0v) is 17.3. The summed E-state index contributed by atoms with van der Waals surface area (Å²) in [5.74, 6) is 0.0281. The molecule has 1 aromatic rings. The van der Waals surface area contributed by atoms with Crippen LogP contribution < -0.4 is 21.9 Å². The summed E-state index contributed by atoms with van der Waals surface area (Å²) in [6.07, 6.45) is 1.92. The number of hydrogen-bond acceptors (Lipinski definition) is 7. The molecule has 0 fully saturated rings. The van der Waals surface area contributed by atoms with E-state index in [9.17, 15) is 18.0 Å². The molecule has 1 aromatic heterocycles. The molecule has 0 bridgehead atoms. The summed E-state index contributed by atoms with van der Waals surface area (Å²) in [6.45, 7) is 3.35. The van der Waals surface area contributed by atoms with Crippen molar-refractivity contribution < 1.29 is 13.2 Å². The van der Waals surface area contributed by atoms with Gasteiger partial charge in [0.2, 0.25) is 10.0 Å². The van der Waals surface area contributed by atoms with Crippen molar-refractivity contribution in [2.75, 3.05) is 57.3 Å². The number of unbranched alkanes of at least 4 members (excludes halogenated alkanes) is 1. The van der Waals surface area contributed by atoms with Gasteiger partial charge < -0.3 is 15.4 Å². The number of ether oxygens (including phenoxy) is 1. The first-order chi connectivity index (χ1) is 12.7. The predicted molar refractivity (Wildman–Crippen MR) is 107 cm³/mol. The Hall–Kier alpha value is -1.85. The average Bonchev–Trinajstić information content (AvgIpc) is 2.58. The van der Waals surface area contributed by atoms with Crippen molar-refractivity contribution >= 4 is 21.5 Å². The van der Waals surface area contributed by atoms with Crippen molar-refractivity contribution in [1.82, 2.24) is 13.9 Å². The van der Waals surface area contributed by atoms with Crippen LogP contribution in [0.25, 0.3) is 0 Å². The third-order valence-electron chi connectivity index (χ3n) is 4.22. The second-order valence-electron chi connectivity index (χ2n) is 6.43. The number of nitrogens with one attached hydrogen (secondary N) is 1. The van der Waals surface area contributed by atoms with E-state index in [2.05, 4.69) is 4.98 Å². The molecule has 10 nitrogen and oxygen atoms in total. The van der Waals surface area contributed by atoms with Crippen LogP contribution in [-0.2, 0) is 21.3 Å². The van der Waals surface area contributed by atoms with Crippen molar-refractivity contribution in [1.29, 1.82) is 0 Å². The number of nitrogens with two attached hydrogens (primary N) is 1. The molecule has 0 saturated heterocycles. The molecule has 156 valence electrons. The number of aromatic amines is 1. The van der Waals surface area contributed by atoms with Crippen LogP contribution >= 0.6 is 0 Å². The molecule has 0 atom stereocenters. The Morgan fingerprint density at radius 3 is 2.41 bits per heavy atom. The second kappa shape index (κ2) is 10.5. The molecule has 0 radical (unpaired) electrons. The quantitative estimate of drug-likeness (QED) is 0.486. The Morgan fingerprint density at radius 1 is 1.19 bits per heavy atom. The molecule has 0 amide bonds. The lowest BCUT2D eigenvalue weighted by Crippen LogP contribution is -2.40. The summed E-state index contributed by atoms with van der Waals surface area (Å²) in [7, 11) is 1.14. The van der Waals surface area contributed by atoms with Gasteiger partial charge in [0.05, 0.1) is 12.4 Å². The predicted octanol–water partition coefficient (Wildman–Crippen LogP) is -0.347. The number of aromatic nitrogens is 2. The van der Waals surface area contributed by atoms with Crippen molar-refractivity contribution in [2.45, 2.75) is 32.7 Å². The maximum Gasteiger partial charge on any atom is 0.330 e. The van der Waals surface area contributed by atoms with Gasteiger partial charge in [0.15, 0.2) is 0 Å². The molecule has 0 aliphatic carbocycles. The Balaban J connectivity index is 3.15. The Labute approximate surface area is 160 Å². The van der Waals surface area contributed by atoms with Crippen molar-refractivity contribution in [2.24, 2.45) is 0 Å². The molecule has 11 heteroatoms. The lowest BCUT2D eigenvalue weighted by atomic mass is 10.3. The molecule has 0 aliphatic rings. The van der Waals surface area contributed by atoms with Crippen LogP contribution in [0.5, 0.6) is 0 Å². The first-order valence-corrected chi connectivity index (χ1v) is 10.5. The maximum absolute atomic E-state index is 12.4. The highest BCUT2D eigenvalue weighted by atomic mass is 32.2. The van der Waals surface area contributed by atoms with E-state index in [-0.39, 0.29) is 23.8 Å². The van der Waals surface area contributed by atoms with Gasteiger partial charge in [-0.15, -0.1) is 0 Å². The third kappa shape index (κ3) is 6.36. The number of hydrogen-bond donors (Lipinski definition) is 2. The van der Waals surface area contributed by atoms with Crippen LogP contribution in [0.15, 0.2) is 9.59 Å². The minimum absolute atomic E-state index is 0.0588. The van der Waals surface area contributed by atoms with Crippen LogP contribution in [0.3, 0.4) is 0 Å². The molecule has 0 unspecified atom stereocenters. The smallest absolute Gasteiger partial charge is 0.330 e. The minimum Gasteiger partial charge on any atom is -0.383 e. The van der Waals surface area contributed by atoms with Crippen LogP contribution in [0, 0.1) is 0 Å². The van der Waals surface area contributed by atoms with Gasteiger partial charge in [-0.25, -0.2) is 17.5 Å². The summed E-state index contributed by atoms with van der Waals surface area (Å²) >= 11 is 0. The number of methoxy groups -OCH3 is 1. The summed E-state index contributed by atoms with van der Waals surface area (Å²) in [5, 5.41) is 0. The van der Waals surface area contributed by atoms with E-state index in [1.54, 1.807) is 4.90 Å². The molecule has 1 heterocycles. The standard InChI is InChI=1S/C16H31N5O5S/c1-5-6-9-21-14(17)13(15(22)18-16(21)23)20(10-11-26-4)8-7-12-27(24,25)19(2)3/h5-12,17H2,1-4H3,(H,18,22,23). The van der Waals surface area contributed by atoms with Gasteiger partial charge in [0, 0.05) is 40.8 Å². The summed E-state index contributed by atoms with van der Waals surface area (Å²) < 4.78 is 31.5. The molecule has 0 aliphatic heterocycles. The van der Waals surface area contributed by atoms with E-state index in [1.807, 2.05) is 6.92 Å². The summed E-state index contributed by atoms with van der Waals surface area (Å²) in [6, 6.07) is 0. The number of sulfonamides is 1. The van der Waals surface area contributed by atoms with E-state index in [1.165, 1.54) is 30.1 Å². The molecule has 1 rings (SSSR count). The van der Waals surface area contributed by atoms with E-state index in [0.717, 1.165) is 12.8 Å². The summed E-state index contributed by atoms with van der Waals surface area (Å²) in [4.78, 5) is 28.5. The molecule has 0 aromatic carbocycles. The molecule has 0 saturated carbocycles. The number of nitrogen functional groups attached to an aromatic ring is 1. The lowest BCUT2D eigenvalue weighted by molar-refractivity contribution is 0.205. The fourth-order valence-electron chi connectivity index (χ4n) is 2.58. The van der Waals surface area contributed by atoms with Gasteiger partial charge in [-0.3, -0.25) is 14.3 Å². The van der Waals surface area contributed by atoms with Crippen LogP contribution in [0.1, 0.15) is 26.2 Å². The van der Waals surface area contributed by atoms with Crippen molar-refractivity contribution in [3.05, 3.63) is 20.8 Å². The van der Waals surface area contributed by atoms with Crippen LogP contribution in [0.4, 0.5) is 11.5 Å². The average molecular weight is 406 g/mol. The fourth-order valence-corrected chi connectivity index (χ4v) is 3.44. The van der Waals surface area contributed by atoms with Crippen LogP contribution in [-0.4, -0.2) is 68.9 Å². The Morgan fingerprint density at radius 2 is 1.85 bits per heavy atom. The number of H-pyrrole nitrogens is 1. The normalized spacial score (nSPS) is 11.9. The molecule has 3 N–H and O–H groups in total. The highest BCUT2D eigenvalue weighted by molar-refractivity contribution is 7.89. The van der Waals surface area contributed by atoms with Gasteiger partial charge in [-0.2, -0.15) is 0 Å². The third-order valence-corrected chi connectivity index (χ3v) is 6.13. The zero-order chi connectivity index (χ0) is 20.6. The number of rotatable bonds is 12. The Bertz CT molecular complexity index is 815. The monoisotopic (exact) mass is 405 g/mol. The SMILES string of the molecule is CCCCn1c(N)c(N(CCCS(=O)(=O)N(C)C)CCOC)c(=O)[nH]c1=O. The van der Waals surface area contributed by atoms with Gasteiger partial charge in [-0.05, 0) is 12.8 Å². The number of nitrogens with zero attached hydrogens (tertiary/aromatic N) is 3. The molecular formula is C16H31N5O5S. The zero-order valence-electron chi connectivity index (χ0n) is 16.5. The van der Waals surface area contributed by atoms with Gasteiger partial charge in [0.1, 0.15) is 11.5 Å². The Kier molecular flexibility index (Phi) is 9.00. The van der Waals surface area contributed by atoms with Crippen molar-refractivity contribution in [3.8, 4) is 0 Å². The van der Waals surface area contributed by atoms with Gasteiger partial charge in [0.25, 0.3) is 5.56 Å². The fraction of sp³-hybridized carbons (Fsp3) is 0.750. The van der Waals surface area contributed by atoms with Crippen molar-refractivity contribution in [3.63, 3.8) is 0 Å². The van der Waals surface area contributed by atoms with E-state index >= 15 is 0 Å². The topological polar surface area (TPSA) is 131 Å². The highest BCUT2D eigenvalue weighted by Crippen LogP contribution is 2.17. The maximum atomic E-state index is 12.4. The summed E-state index contributed by atoms with van der Waals surface area (Å²) in [5.41, 5.74) is 5.18. The van der Waals surface area contributed by atoms with Gasteiger partial charge in [-0.1, -0.05) is 13.3 Å². The van der Waals surface area contributed by atoms with Gasteiger partial charge >= 0.3 is 5.69 Å². The van der Waals surface area contributed by atoms with E-state index in [4.69, 9.17) is 10.5 Å². The minimum atomic E-state index is -3.34. The first kappa shape index (κ1) is 23.2. The van der Waals surface area contributed by atoms with Crippen LogP contribution in [0.2, 0.25) is 0 Å². The molecule has 0 spiro atoms. The largest absolute Gasteiger partial charge is 0.383 e. The highest BCUT2D eigenvalue weighted by Gasteiger charge is 2.20. The number of anilines is 2. The molecule has 27 heavy (non-hydrogen) atoms.